The number of aliphatic carboxylic acids is 1. The number of benzene rings is 1. The first-order valence-corrected chi connectivity index (χ1v) is 6.23. The van der Waals surface area contributed by atoms with Gasteiger partial charge in [-0.25, -0.2) is 9.78 Å². The van der Waals surface area contributed by atoms with Crippen LogP contribution in [0.5, 0.6) is 0 Å². The number of hydrogen-bond acceptors (Lipinski definition) is 4. The summed E-state index contributed by atoms with van der Waals surface area (Å²) in [4.78, 5) is 26.2. The predicted molar refractivity (Wildman–Crippen MR) is 74.6 cm³/mol. The minimum Gasteiger partial charge on any atom is -0.481 e. The van der Waals surface area contributed by atoms with Gasteiger partial charge in [0.25, 0.3) is 0 Å². The first-order valence-electron chi connectivity index (χ1n) is 6.23. The summed E-state index contributed by atoms with van der Waals surface area (Å²) in [6.07, 6.45) is 1.51. The normalized spacial score (nSPS) is 10.1. The standard InChI is InChI=1S/C13H15N5O3/c1-18-8-15-11(17-18)7-14-13(21)16-10-4-2-9(3-5-10)6-12(19)20/h2-5,8H,6-7H2,1H3,(H,19,20)(H2,14,16,21). The van der Waals surface area contributed by atoms with Gasteiger partial charge in [-0.15, -0.1) is 0 Å². The first-order chi connectivity index (χ1) is 10.0. The average Bonchev–Trinajstić information content (AvgIpc) is 2.84. The molecule has 0 unspecified atom stereocenters. The third kappa shape index (κ3) is 4.60. The molecule has 0 saturated carbocycles. The van der Waals surface area contributed by atoms with E-state index in [1.165, 1.54) is 0 Å². The molecule has 1 heterocycles. The fraction of sp³-hybridized carbons (Fsp3) is 0.231. The van der Waals surface area contributed by atoms with E-state index >= 15 is 0 Å². The molecule has 2 amide bonds. The van der Waals surface area contributed by atoms with Crippen LogP contribution in [0.1, 0.15) is 11.4 Å². The Hall–Kier alpha value is -2.90. The van der Waals surface area contributed by atoms with Crippen LogP contribution in [0.3, 0.4) is 0 Å². The number of nitrogens with one attached hydrogen (secondary N) is 2. The minimum absolute atomic E-state index is 0.0438. The number of carboxylic acid groups (broad SMARTS) is 1. The number of hydrogen-bond donors (Lipinski definition) is 3. The maximum Gasteiger partial charge on any atom is 0.319 e. The molecule has 8 nitrogen and oxygen atoms in total. The molecule has 0 spiro atoms. The lowest BCUT2D eigenvalue weighted by Crippen LogP contribution is -2.28. The van der Waals surface area contributed by atoms with Crippen LogP contribution in [0, 0.1) is 0 Å². The number of nitrogens with zero attached hydrogens (tertiary/aromatic N) is 3. The zero-order valence-corrected chi connectivity index (χ0v) is 11.4. The van der Waals surface area contributed by atoms with Crippen molar-refractivity contribution >= 4 is 17.7 Å². The highest BCUT2D eigenvalue weighted by Gasteiger charge is 2.05. The van der Waals surface area contributed by atoms with Gasteiger partial charge in [-0.1, -0.05) is 12.1 Å². The van der Waals surface area contributed by atoms with Crippen molar-refractivity contribution in [3.05, 3.63) is 42.0 Å². The van der Waals surface area contributed by atoms with Gasteiger partial charge in [0.1, 0.15) is 6.33 Å². The molecule has 0 saturated heterocycles. The third-order valence-corrected chi connectivity index (χ3v) is 2.62. The topological polar surface area (TPSA) is 109 Å². The van der Waals surface area contributed by atoms with Crippen LogP contribution in [0.25, 0.3) is 0 Å². The molecule has 2 aromatic rings. The molecule has 0 bridgehead atoms. The number of rotatable bonds is 5. The van der Waals surface area contributed by atoms with Crippen molar-refractivity contribution < 1.29 is 14.7 Å². The monoisotopic (exact) mass is 289 g/mol. The maximum atomic E-state index is 11.7. The molecular formula is C13H15N5O3. The molecule has 0 aliphatic heterocycles. The molecule has 21 heavy (non-hydrogen) atoms. The molecule has 2 rings (SSSR count). The number of carbonyl (C=O) groups excluding carboxylic acids is 1. The number of carboxylic acids is 1. The fourth-order valence-corrected chi connectivity index (χ4v) is 1.68. The van der Waals surface area contributed by atoms with Gasteiger partial charge in [-0.05, 0) is 17.7 Å². The molecule has 1 aromatic carbocycles. The summed E-state index contributed by atoms with van der Waals surface area (Å²) in [7, 11) is 1.75. The second-order valence-corrected chi connectivity index (χ2v) is 4.41. The van der Waals surface area contributed by atoms with E-state index in [0.717, 1.165) is 0 Å². The number of aromatic nitrogens is 3. The molecule has 8 heteroatoms. The lowest BCUT2D eigenvalue weighted by atomic mass is 10.1. The number of aryl methyl sites for hydroxylation is 1. The van der Waals surface area contributed by atoms with Crippen LogP contribution in [-0.2, 0) is 24.8 Å². The molecule has 0 atom stereocenters. The van der Waals surface area contributed by atoms with Gasteiger partial charge in [0.15, 0.2) is 5.82 Å². The highest BCUT2D eigenvalue weighted by atomic mass is 16.4. The van der Waals surface area contributed by atoms with E-state index in [2.05, 4.69) is 20.7 Å². The predicted octanol–water partition coefficient (Wildman–Crippen LogP) is 0.764. The van der Waals surface area contributed by atoms with E-state index in [1.54, 1.807) is 42.3 Å². The van der Waals surface area contributed by atoms with Crippen LogP contribution >= 0.6 is 0 Å². The molecule has 0 radical (unpaired) electrons. The summed E-state index contributed by atoms with van der Waals surface area (Å²) in [6.45, 7) is 0.226. The SMILES string of the molecule is Cn1cnc(CNC(=O)Nc2ccc(CC(=O)O)cc2)n1. The average molecular weight is 289 g/mol. The molecule has 0 aliphatic carbocycles. The van der Waals surface area contributed by atoms with E-state index in [1.807, 2.05) is 0 Å². The Morgan fingerprint density at radius 2 is 2.00 bits per heavy atom. The second kappa shape index (κ2) is 6.51. The summed E-state index contributed by atoms with van der Waals surface area (Å²) < 4.78 is 1.55. The Morgan fingerprint density at radius 1 is 1.29 bits per heavy atom. The van der Waals surface area contributed by atoms with Crippen LogP contribution in [0.15, 0.2) is 30.6 Å². The van der Waals surface area contributed by atoms with Crippen molar-refractivity contribution in [1.82, 2.24) is 20.1 Å². The Labute approximate surface area is 120 Å². The quantitative estimate of drug-likeness (QED) is 0.753. The molecule has 0 fully saturated rings. The van der Waals surface area contributed by atoms with Crippen molar-refractivity contribution in [3.63, 3.8) is 0 Å². The summed E-state index contributed by atoms with van der Waals surface area (Å²) >= 11 is 0. The Bertz CT molecular complexity index is 636. The first kappa shape index (κ1) is 14.5. The van der Waals surface area contributed by atoms with Gasteiger partial charge in [0.2, 0.25) is 0 Å². The number of carbonyl (C=O) groups is 2. The number of amides is 2. The Kier molecular flexibility index (Phi) is 4.50. The lowest BCUT2D eigenvalue weighted by molar-refractivity contribution is -0.136. The summed E-state index contributed by atoms with van der Waals surface area (Å²) in [5, 5.41) is 18.0. The van der Waals surface area contributed by atoms with Crippen LogP contribution < -0.4 is 10.6 Å². The van der Waals surface area contributed by atoms with E-state index in [9.17, 15) is 9.59 Å². The molecule has 0 aliphatic rings. The van der Waals surface area contributed by atoms with Crippen LogP contribution in [0.2, 0.25) is 0 Å². The van der Waals surface area contributed by atoms with Crippen molar-refractivity contribution in [2.45, 2.75) is 13.0 Å². The molecule has 1 aromatic heterocycles. The summed E-state index contributed by atoms with van der Waals surface area (Å²) in [5.74, 6) is -0.374. The van der Waals surface area contributed by atoms with E-state index in [-0.39, 0.29) is 19.0 Å². The van der Waals surface area contributed by atoms with Crippen LogP contribution in [0.4, 0.5) is 10.5 Å². The van der Waals surface area contributed by atoms with E-state index < -0.39 is 5.97 Å². The zero-order chi connectivity index (χ0) is 15.2. The van der Waals surface area contributed by atoms with Gasteiger partial charge in [0, 0.05) is 12.7 Å². The molecule has 110 valence electrons. The van der Waals surface area contributed by atoms with Crippen molar-refractivity contribution in [3.8, 4) is 0 Å². The Balaban J connectivity index is 1.83. The number of urea groups is 1. The zero-order valence-electron chi connectivity index (χ0n) is 11.4. The minimum atomic E-state index is -0.892. The van der Waals surface area contributed by atoms with Crippen molar-refractivity contribution in [1.29, 1.82) is 0 Å². The maximum absolute atomic E-state index is 11.7. The summed E-state index contributed by atoms with van der Waals surface area (Å²) in [6, 6.07) is 6.23. The van der Waals surface area contributed by atoms with E-state index in [0.29, 0.717) is 17.1 Å². The highest BCUT2D eigenvalue weighted by Crippen LogP contribution is 2.10. The second-order valence-electron chi connectivity index (χ2n) is 4.41. The third-order valence-electron chi connectivity index (χ3n) is 2.62. The molecule has 3 N–H and O–H groups in total. The van der Waals surface area contributed by atoms with Gasteiger partial charge < -0.3 is 15.7 Å². The van der Waals surface area contributed by atoms with E-state index in [4.69, 9.17) is 5.11 Å². The summed E-state index contributed by atoms with van der Waals surface area (Å²) in [5.41, 5.74) is 1.25. The van der Waals surface area contributed by atoms with Gasteiger partial charge in [-0.3, -0.25) is 9.48 Å². The van der Waals surface area contributed by atoms with Gasteiger partial charge in [0.05, 0.1) is 13.0 Å². The van der Waals surface area contributed by atoms with Crippen molar-refractivity contribution in [2.75, 3.05) is 5.32 Å². The largest absolute Gasteiger partial charge is 0.481 e. The van der Waals surface area contributed by atoms with Crippen LogP contribution in [-0.4, -0.2) is 31.9 Å². The fourth-order valence-electron chi connectivity index (χ4n) is 1.68. The smallest absolute Gasteiger partial charge is 0.319 e. The molecular weight excluding hydrogens is 274 g/mol. The lowest BCUT2D eigenvalue weighted by Gasteiger charge is -2.06. The van der Waals surface area contributed by atoms with Gasteiger partial charge >= 0.3 is 12.0 Å². The van der Waals surface area contributed by atoms with Gasteiger partial charge in [-0.2, -0.15) is 5.10 Å². The Morgan fingerprint density at radius 3 is 2.57 bits per heavy atom. The van der Waals surface area contributed by atoms with Crippen molar-refractivity contribution in [2.24, 2.45) is 7.05 Å². The number of anilines is 1. The highest BCUT2D eigenvalue weighted by molar-refractivity contribution is 5.89.